The first-order valence-corrected chi connectivity index (χ1v) is 7.77. The van der Waals surface area contributed by atoms with Crippen LogP contribution in [0.1, 0.15) is 52.9 Å². The number of fused-ring (bicyclic) bond motifs is 2. The van der Waals surface area contributed by atoms with Crippen molar-refractivity contribution in [2.75, 3.05) is 6.61 Å². The highest BCUT2D eigenvalue weighted by Gasteiger charge is 2.41. The van der Waals surface area contributed by atoms with Gasteiger partial charge in [0.15, 0.2) is 6.61 Å². The minimum Gasteiger partial charge on any atom is -0.455 e. The van der Waals surface area contributed by atoms with Crippen molar-refractivity contribution in [1.29, 1.82) is 0 Å². The molecule has 5 nitrogen and oxygen atoms in total. The summed E-state index contributed by atoms with van der Waals surface area (Å²) in [7, 11) is 0. The maximum absolute atomic E-state index is 12.1. The number of Topliss-reactive ketones (excluding diaryl/α,β-unsaturated/α-hetero) is 1. The summed E-state index contributed by atoms with van der Waals surface area (Å²) in [5.41, 5.74) is -0.336. The summed E-state index contributed by atoms with van der Waals surface area (Å²) >= 11 is 0. The number of ketones is 1. The Kier molecular flexibility index (Phi) is 4.69. The van der Waals surface area contributed by atoms with E-state index < -0.39 is 0 Å². The fourth-order valence-electron chi connectivity index (χ4n) is 3.38. The molecule has 2 aliphatic rings. The molecule has 2 saturated carbocycles. The van der Waals surface area contributed by atoms with E-state index in [9.17, 15) is 14.4 Å². The molecule has 21 heavy (non-hydrogen) atoms. The molecule has 118 valence electrons. The summed E-state index contributed by atoms with van der Waals surface area (Å²) in [4.78, 5) is 35.7. The third kappa shape index (κ3) is 4.29. The zero-order valence-corrected chi connectivity index (χ0v) is 13.1. The molecule has 0 aliphatic heterocycles. The quantitative estimate of drug-likeness (QED) is 0.806. The van der Waals surface area contributed by atoms with Gasteiger partial charge in [0.05, 0.1) is 5.92 Å². The van der Waals surface area contributed by atoms with Crippen LogP contribution in [0.4, 0.5) is 0 Å². The predicted molar refractivity (Wildman–Crippen MR) is 77.4 cm³/mol. The first kappa shape index (κ1) is 16.0. The Morgan fingerprint density at radius 2 is 1.76 bits per heavy atom. The molecule has 1 amide bonds. The highest BCUT2D eigenvalue weighted by molar-refractivity contribution is 5.88. The molecule has 0 aromatic heterocycles. The van der Waals surface area contributed by atoms with E-state index >= 15 is 0 Å². The normalized spacial score (nSPS) is 28.9. The molecule has 2 atom stereocenters. The summed E-state index contributed by atoms with van der Waals surface area (Å²) < 4.78 is 5.13. The van der Waals surface area contributed by atoms with Crippen molar-refractivity contribution in [2.24, 2.45) is 17.8 Å². The minimum atomic E-state index is -0.336. The number of amides is 1. The lowest BCUT2D eigenvalue weighted by Crippen LogP contribution is -2.44. The third-order valence-electron chi connectivity index (χ3n) is 4.24. The second-order valence-electron chi connectivity index (χ2n) is 7.30. The fourth-order valence-corrected chi connectivity index (χ4v) is 3.38. The summed E-state index contributed by atoms with van der Waals surface area (Å²) in [6.45, 7) is 5.39. The average Bonchev–Trinajstić information content (AvgIpc) is 2.33. The first-order valence-electron chi connectivity index (χ1n) is 7.77. The fraction of sp³-hybridized carbons (Fsp3) is 0.812. The molecule has 2 fully saturated rings. The highest BCUT2D eigenvalue weighted by atomic mass is 16.5. The molecule has 0 saturated heterocycles. The molecule has 2 bridgehead atoms. The Labute approximate surface area is 125 Å². The number of hydrogen-bond donors (Lipinski definition) is 1. The Bertz CT molecular complexity index is 422. The van der Waals surface area contributed by atoms with E-state index in [-0.39, 0.29) is 41.8 Å². The number of carbonyl (C=O) groups is 3. The molecule has 2 rings (SSSR count). The molecule has 2 unspecified atom stereocenters. The third-order valence-corrected chi connectivity index (χ3v) is 4.24. The van der Waals surface area contributed by atoms with Crippen LogP contribution in [0.25, 0.3) is 0 Å². The second-order valence-corrected chi connectivity index (χ2v) is 7.30. The van der Waals surface area contributed by atoms with Crippen molar-refractivity contribution in [3.8, 4) is 0 Å². The number of hydrogen-bond acceptors (Lipinski definition) is 4. The van der Waals surface area contributed by atoms with Crippen molar-refractivity contribution >= 4 is 17.7 Å². The van der Waals surface area contributed by atoms with Gasteiger partial charge in [-0.3, -0.25) is 14.4 Å². The maximum Gasteiger partial charge on any atom is 0.309 e. The molecule has 1 N–H and O–H groups in total. The van der Waals surface area contributed by atoms with E-state index in [1.54, 1.807) is 0 Å². The molecule has 2 aliphatic carbocycles. The van der Waals surface area contributed by atoms with E-state index in [0.717, 1.165) is 19.3 Å². The van der Waals surface area contributed by atoms with Gasteiger partial charge in [0.2, 0.25) is 0 Å². The molecule has 0 aromatic rings. The molecule has 0 radical (unpaired) electrons. The van der Waals surface area contributed by atoms with Crippen LogP contribution >= 0.6 is 0 Å². The van der Waals surface area contributed by atoms with Crippen LogP contribution in [0.3, 0.4) is 0 Å². The van der Waals surface area contributed by atoms with Crippen LogP contribution in [0.15, 0.2) is 0 Å². The topological polar surface area (TPSA) is 72.5 Å². The van der Waals surface area contributed by atoms with E-state index in [4.69, 9.17) is 4.74 Å². The van der Waals surface area contributed by atoms with Crippen LogP contribution in [-0.4, -0.2) is 29.8 Å². The molecule has 0 heterocycles. The van der Waals surface area contributed by atoms with Crippen molar-refractivity contribution in [2.45, 2.75) is 58.4 Å². The molecule has 0 spiro atoms. The van der Waals surface area contributed by atoms with E-state index in [1.807, 2.05) is 20.8 Å². The van der Waals surface area contributed by atoms with Crippen molar-refractivity contribution in [3.05, 3.63) is 0 Å². The van der Waals surface area contributed by atoms with Crippen LogP contribution < -0.4 is 5.32 Å². The Hall–Kier alpha value is -1.39. The van der Waals surface area contributed by atoms with Gasteiger partial charge in [-0.05, 0) is 46.5 Å². The summed E-state index contributed by atoms with van der Waals surface area (Å²) in [6, 6.07) is 0. The lowest BCUT2D eigenvalue weighted by Gasteiger charge is -2.36. The van der Waals surface area contributed by atoms with Crippen LogP contribution in [0.5, 0.6) is 0 Å². The van der Waals surface area contributed by atoms with Crippen molar-refractivity contribution in [3.63, 3.8) is 0 Å². The molecule has 5 heteroatoms. The predicted octanol–water partition coefficient (Wildman–Crippen LogP) is 1.84. The summed E-state index contributed by atoms with van der Waals surface area (Å²) in [5, 5.41) is 2.75. The molecule has 0 aromatic carbocycles. The van der Waals surface area contributed by atoms with Gasteiger partial charge in [0, 0.05) is 17.4 Å². The van der Waals surface area contributed by atoms with Crippen LogP contribution in [0, 0.1) is 17.8 Å². The minimum absolute atomic E-state index is 0.0263. The number of ether oxygens (including phenoxy) is 1. The van der Waals surface area contributed by atoms with Crippen molar-refractivity contribution < 1.29 is 19.1 Å². The second kappa shape index (κ2) is 6.16. The van der Waals surface area contributed by atoms with Gasteiger partial charge < -0.3 is 10.1 Å². The van der Waals surface area contributed by atoms with Gasteiger partial charge in [0.25, 0.3) is 5.91 Å². The lowest BCUT2D eigenvalue weighted by molar-refractivity contribution is -0.157. The van der Waals surface area contributed by atoms with E-state index in [2.05, 4.69) is 5.32 Å². The first-order chi connectivity index (χ1) is 9.76. The Balaban J connectivity index is 1.82. The van der Waals surface area contributed by atoms with Crippen LogP contribution in [-0.2, 0) is 19.1 Å². The largest absolute Gasteiger partial charge is 0.455 e. The van der Waals surface area contributed by atoms with Gasteiger partial charge in [-0.2, -0.15) is 0 Å². The van der Waals surface area contributed by atoms with Gasteiger partial charge in [-0.1, -0.05) is 6.42 Å². The Morgan fingerprint density at radius 3 is 2.29 bits per heavy atom. The van der Waals surface area contributed by atoms with Gasteiger partial charge in [-0.15, -0.1) is 0 Å². The monoisotopic (exact) mass is 295 g/mol. The molecular weight excluding hydrogens is 270 g/mol. The lowest BCUT2D eigenvalue weighted by atomic mass is 9.67. The van der Waals surface area contributed by atoms with Gasteiger partial charge >= 0.3 is 5.97 Å². The van der Waals surface area contributed by atoms with Crippen LogP contribution in [0.2, 0.25) is 0 Å². The van der Waals surface area contributed by atoms with Gasteiger partial charge in [0.1, 0.15) is 5.78 Å². The van der Waals surface area contributed by atoms with E-state index in [0.29, 0.717) is 18.6 Å². The number of esters is 1. The standard InChI is InChI=1S/C16H25NO4/c1-16(2,3)17-13(18)9-21-15(20)12-7-10-5-4-6-11(8-12)14(10)19/h10-12H,4-9H2,1-3H3,(H,17,18). The van der Waals surface area contributed by atoms with Crippen molar-refractivity contribution in [1.82, 2.24) is 5.32 Å². The number of nitrogens with one attached hydrogen (secondary N) is 1. The zero-order chi connectivity index (χ0) is 15.6. The smallest absolute Gasteiger partial charge is 0.309 e. The maximum atomic E-state index is 12.1. The zero-order valence-electron chi connectivity index (χ0n) is 13.1. The summed E-state index contributed by atoms with van der Waals surface area (Å²) in [5.74, 6) is -0.459. The number of rotatable bonds is 3. The Morgan fingerprint density at radius 1 is 1.19 bits per heavy atom. The van der Waals surface area contributed by atoms with Gasteiger partial charge in [-0.25, -0.2) is 0 Å². The van der Waals surface area contributed by atoms with E-state index in [1.165, 1.54) is 0 Å². The number of carbonyl (C=O) groups excluding carboxylic acids is 3. The SMILES string of the molecule is CC(C)(C)NC(=O)COC(=O)C1CC2CCCC(C1)C2=O. The average molecular weight is 295 g/mol. The molecular formula is C16H25NO4. The summed E-state index contributed by atoms with van der Waals surface area (Å²) in [6.07, 6.45) is 4.05. The highest BCUT2D eigenvalue weighted by Crippen LogP contribution is 2.40.